The van der Waals surface area contributed by atoms with Crippen molar-refractivity contribution >= 4 is 23.2 Å². The van der Waals surface area contributed by atoms with Gasteiger partial charge in [-0.25, -0.2) is 23.1 Å². The SMILES string of the molecule is O=C(O)c1cnn2c(-c3ccc(C(F)F)cc3)c(-c3ccccc3Cl)cnc12. The molecule has 8 heteroatoms. The third-order valence-corrected chi connectivity index (χ3v) is 4.69. The van der Waals surface area contributed by atoms with Crippen LogP contribution in [-0.4, -0.2) is 25.7 Å². The van der Waals surface area contributed by atoms with E-state index in [1.807, 2.05) is 0 Å². The maximum atomic E-state index is 12.9. The Hall–Kier alpha value is -3.32. The number of carbonyl (C=O) groups is 1. The van der Waals surface area contributed by atoms with Crippen molar-refractivity contribution in [2.75, 3.05) is 0 Å². The Labute approximate surface area is 162 Å². The number of nitrogens with zero attached hydrogens (tertiary/aromatic N) is 3. The minimum atomic E-state index is -2.59. The number of rotatable bonds is 4. The van der Waals surface area contributed by atoms with Crippen LogP contribution < -0.4 is 0 Å². The van der Waals surface area contributed by atoms with Gasteiger partial charge in [-0.2, -0.15) is 5.10 Å². The fourth-order valence-corrected chi connectivity index (χ4v) is 3.26. The predicted molar refractivity (Wildman–Crippen MR) is 101 cm³/mol. The second-order valence-corrected chi connectivity index (χ2v) is 6.43. The number of halogens is 3. The number of hydrogen-bond donors (Lipinski definition) is 1. The third kappa shape index (κ3) is 2.99. The van der Waals surface area contributed by atoms with Crippen LogP contribution in [0.1, 0.15) is 22.3 Å². The highest BCUT2D eigenvalue weighted by Crippen LogP contribution is 2.36. The van der Waals surface area contributed by atoms with E-state index >= 15 is 0 Å². The molecule has 5 nitrogen and oxygen atoms in total. The van der Waals surface area contributed by atoms with Crippen molar-refractivity contribution in [2.24, 2.45) is 0 Å². The molecule has 0 spiro atoms. The molecule has 0 atom stereocenters. The molecule has 0 unspecified atom stereocenters. The van der Waals surface area contributed by atoms with E-state index < -0.39 is 12.4 Å². The van der Waals surface area contributed by atoms with Gasteiger partial charge in [-0.15, -0.1) is 0 Å². The molecular formula is C20H12ClF2N3O2. The topological polar surface area (TPSA) is 67.5 Å². The summed E-state index contributed by atoms with van der Waals surface area (Å²) in [6.45, 7) is 0. The maximum Gasteiger partial charge on any atom is 0.341 e. The van der Waals surface area contributed by atoms with Gasteiger partial charge in [-0.1, -0.05) is 54.1 Å². The van der Waals surface area contributed by atoms with Crippen LogP contribution in [0.25, 0.3) is 28.0 Å². The number of aromatic carboxylic acids is 1. The van der Waals surface area contributed by atoms with E-state index in [-0.39, 0.29) is 16.8 Å². The molecule has 28 heavy (non-hydrogen) atoms. The predicted octanol–water partition coefficient (Wildman–Crippen LogP) is 5.35. The van der Waals surface area contributed by atoms with Crippen molar-refractivity contribution in [1.82, 2.24) is 14.6 Å². The third-order valence-electron chi connectivity index (χ3n) is 4.36. The zero-order valence-electron chi connectivity index (χ0n) is 14.2. The smallest absolute Gasteiger partial charge is 0.341 e. The lowest BCUT2D eigenvalue weighted by Gasteiger charge is -2.13. The first-order valence-electron chi connectivity index (χ1n) is 8.21. The summed E-state index contributed by atoms with van der Waals surface area (Å²) in [6, 6.07) is 12.8. The molecule has 1 N–H and O–H groups in total. The lowest BCUT2D eigenvalue weighted by Crippen LogP contribution is -2.02. The Kier molecular flexibility index (Phi) is 4.52. The van der Waals surface area contributed by atoms with Gasteiger partial charge in [0.1, 0.15) is 5.56 Å². The molecule has 0 aliphatic heterocycles. The van der Waals surface area contributed by atoms with E-state index in [9.17, 15) is 18.7 Å². The Morgan fingerprint density at radius 1 is 1.04 bits per heavy atom. The Balaban J connectivity index is 2.03. The molecule has 0 saturated heterocycles. The molecule has 0 aliphatic rings. The first-order chi connectivity index (χ1) is 13.5. The minimum absolute atomic E-state index is 0.0591. The van der Waals surface area contributed by atoms with Crippen LogP contribution >= 0.6 is 11.6 Å². The van der Waals surface area contributed by atoms with E-state index in [4.69, 9.17) is 11.6 Å². The van der Waals surface area contributed by atoms with Crippen molar-refractivity contribution in [3.8, 4) is 22.4 Å². The average molecular weight is 400 g/mol. The van der Waals surface area contributed by atoms with Crippen LogP contribution in [0.4, 0.5) is 8.78 Å². The van der Waals surface area contributed by atoms with Crippen LogP contribution in [0, 0.1) is 0 Å². The van der Waals surface area contributed by atoms with Gasteiger partial charge in [0.05, 0.1) is 11.9 Å². The van der Waals surface area contributed by atoms with Crippen molar-refractivity contribution in [3.63, 3.8) is 0 Å². The molecule has 0 amide bonds. The Morgan fingerprint density at radius 3 is 2.39 bits per heavy atom. The molecule has 0 aliphatic carbocycles. The number of fused-ring (bicyclic) bond motifs is 1. The summed E-state index contributed by atoms with van der Waals surface area (Å²) in [4.78, 5) is 15.7. The first-order valence-corrected chi connectivity index (χ1v) is 8.58. The van der Waals surface area contributed by atoms with Crippen molar-refractivity contribution in [2.45, 2.75) is 6.43 Å². The fraction of sp³-hybridized carbons (Fsp3) is 0.0500. The van der Waals surface area contributed by atoms with Gasteiger partial charge in [-0.05, 0) is 6.07 Å². The van der Waals surface area contributed by atoms with E-state index in [2.05, 4.69) is 10.1 Å². The molecular weight excluding hydrogens is 388 g/mol. The quantitative estimate of drug-likeness (QED) is 0.502. The lowest BCUT2D eigenvalue weighted by atomic mass is 9.99. The monoisotopic (exact) mass is 399 g/mol. The minimum Gasteiger partial charge on any atom is -0.477 e. The van der Waals surface area contributed by atoms with Gasteiger partial charge >= 0.3 is 5.97 Å². The summed E-state index contributed by atoms with van der Waals surface area (Å²) >= 11 is 6.34. The fourth-order valence-electron chi connectivity index (χ4n) is 3.02. The zero-order valence-corrected chi connectivity index (χ0v) is 14.9. The molecule has 0 fully saturated rings. The second kappa shape index (κ2) is 7.01. The lowest BCUT2D eigenvalue weighted by molar-refractivity contribution is 0.0698. The number of alkyl halides is 2. The van der Waals surface area contributed by atoms with Gasteiger partial charge < -0.3 is 5.11 Å². The molecule has 2 heterocycles. The summed E-state index contributed by atoms with van der Waals surface area (Å²) in [7, 11) is 0. The van der Waals surface area contributed by atoms with Crippen molar-refractivity contribution < 1.29 is 18.7 Å². The molecule has 4 aromatic rings. The van der Waals surface area contributed by atoms with Gasteiger partial charge in [0.15, 0.2) is 5.65 Å². The number of benzene rings is 2. The number of aromatic nitrogens is 3. The zero-order chi connectivity index (χ0) is 19.8. The van der Waals surface area contributed by atoms with Gasteiger partial charge in [0.2, 0.25) is 0 Å². The highest BCUT2D eigenvalue weighted by atomic mass is 35.5. The Morgan fingerprint density at radius 2 is 1.75 bits per heavy atom. The summed E-state index contributed by atoms with van der Waals surface area (Å²) in [5.74, 6) is -1.16. The maximum absolute atomic E-state index is 12.9. The van der Waals surface area contributed by atoms with Crippen LogP contribution in [0.3, 0.4) is 0 Å². The molecule has 140 valence electrons. The average Bonchev–Trinajstić information content (AvgIpc) is 3.12. The molecule has 2 aromatic heterocycles. The van der Waals surface area contributed by atoms with E-state index in [0.717, 1.165) is 0 Å². The highest BCUT2D eigenvalue weighted by molar-refractivity contribution is 6.33. The molecule has 2 aromatic carbocycles. The molecule has 0 radical (unpaired) electrons. The summed E-state index contributed by atoms with van der Waals surface area (Å²) in [5.41, 5.74) is 2.33. The summed E-state index contributed by atoms with van der Waals surface area (Å²) < 4.78 is 27.3. The van der Waals surface area contributed by atoms with Gasteiger partial charge in [0, 0.05) is 33.5 Å². The van der Waals surface area contributed by atoms with Gasteiger partial charge in [0.25, 0.3) is 6.43 Å². The van der Waals surface area contributed by atoms with Crippen molar-refractivity contribution in [3.05, 3.63) is 77.1 Å². The largest absolute Gasteiger partial charge is 0.477 e. The molecule has 4 rings (SSSR count). The Bertz CT molecular complexity index is 1190. The van der Waals surface area contributed by atoms with Crippen LogP contribution in [0.5, 0.6) is 0 Å². The summed E-state index contributed by atoms with van der Waals surface area (Å²) in [5, 5.41) is 14.0. The van der Waals surface area contributed by atoms with Crippen molar-refractivity contribution in [1.29, 1.82) is 0 Å². The van der Waals surface area contributed by atoms with Crippen LogP contribution in [0.2, 0.25) is 5.02 Å². The van der Waals surface area contributed by atoms with Crippen LogP contribution in [-0.2, 0) is 0 Å². The second-order valence-electron chi connectivity index (χ2n) is 6.02. The number of carboxylic acid groups (broad SMARTS) is 1. The standard InChI is InChI=1S/C20H12ClF2N3O2/c21-16-4-2-1-3-13(16)14-9-24-19-15(20(27)28)10-25-26(19)17(14)11-5-7-12(8-6-11)18(22)23/h1-10,18H,(H,27,28). The molecule has 0 saturated carbocycles. The normalized spacial score (nSPS) is 11.3. The van der Waals surface area contributed by atoms with E-state index in [1.54, 1.807) is 36.4 Å². The van der Waals surface area contributed by atoms with Gasteiger partial charge in [-0.3, -0.25) is 0 Å². The van der Waals surface area contributed by atoms with Crippen LogP contribution in [0.15, 0.2) is 60.9 Å². The summed E-state index contributed by atoms with van der Waals surface area (Å²) in [6.07, 6.45) is 0.136. The number of carboxylic acids is 1. The molecule has 0 bridgehead atoms. The first kappa shape index (κ1) is 18.1. The van der Waals surface area contributed by atoms with E-state index in [0.29, 0.717) is 27.4 Å². The number of hydrogen-bond acceptors (Lipinski definition) is 3. The highest BCUT2D eigenvalue weighted by Gasteiger charge is 2.20. The van der Waals surface area contributed by atoms with E-state index in [1.165, 1.54) is 29.0 Å².